The van der Waals surface area contributed by atoms with Crippen LogP contribution in [-0.2, 0) is 4.79 Å². The highest BCUT2D eigenvalue weighted by Crippen LogP contribution is 2.26. The fourth-order valence-corrected chi connectivity index (χ4v) is 3.46. The SMILES string of the molecule is CCCC(C(=O)NN)N1CC2CCCN2CC1C. The Labute approximate surface area is 110 Å². The van der Waals surface area contributed by atoms with Crippen molar-refractivity contribution in [3.63, 3.8) is 0 Å². The van der Waals surface area contributed by atoms with Crippen molar-refractivity contribution < 1.29 is 4.79 Å². The number of carbonyl (C=O) groups is 1. The van der Waals surface area contributed by atoms with E-state index in [1.54, 1.807) is 0 Å². The van der Waals surface area contributed by atoms with Crippen LogP contribution < -0.4 is 11.3 Å². The molecule has 2 aliphatic heterocycles. The minimum atomic E-state index is -0.0576. The van der Waals surface area contributed by atoms with Gasteiger partial charge in [-0.3, -0.25) is 20.0 Å². The van der Waals surface area contributed by atoms with E-state index in [0.29, 0.717) is 12.1 Å². The molecule has 5 heteroatoms. The normalized spacial score (nSPS) is 31.1. The molecule has 3 atom stereocenters. The first-order valence-corrected chi connectivity index (χ1v) is 7.17. The van der Waals surface area contributed by atoms with Crippen LogP contribution in [0.1, 0.15) is 39.5 Å². The number of fused-ring (bicyclic) bond motifs is 1. The summed E-state index contributed by atoms with van der Waals surface area (Å²) in [6.45, 7) is 7.67. The van der Waals surface area contributed by atoms with Gasteiger partial charge < -0.3 is 0 Å². The van der Waals surface area contributed by atoms with Crippen LogP contribution in [0.25, 0.3) is 0 Å². The van der Waals surface area contributed by atoms with E-state index in [9.17, 15) is 4.79 Å². The van der Waals surface area contributed by atoms with Gasteiger partial charge in [0.25, 0.3) is 5.91 Å². The molecule has 3 N–H and O–H groups in total. The van der Waals surface area contributed by atoms with Gasteiger partial charge in [0.1, 0.15) is 0 Å². The first-order chi connectivity index (χ1) is 8.67. The minimum Gasteiger partial charge on any atom is -0.298 e. The lowest BCUT2D eigenvalue weighted by Gasteiger charge is -2.45. The van der Waals surface area contributed by atoms with Gasteiger partial charge in [-0.1, -0.05) is 13.3 Å². The predicted octanol–water partition coefficient (Wildman–Crippen LogP) is 0.314. The first-order valence-electron chi connectivity index (χ1n) is 7.17. The number of nitrogens with zero attached hydrogens (tertiary/aromatic N) is 2. The molecular formula is C13H26N4O. The molecule has 0 spiro atoms. The molecule has 0 saturated carbocycles. The van der Waals surface area contributed by atoms with Crippen LogP contribution in [0.15, 0.2) is 0 Å². The molecule has 3 unspecified atom stereocenters. The number of rotatable bonds is 4. The summed E-state index contributed by atoms with van der Waals surface area (Å²) >= 11 is 0. The molecule has 0 aromatic carbocycles. The first kappa shape index (κ1) is 13.8. The molecule has 2 rings (SSSR count). The van der Waals surface area contributed by atoms with Crippen molar-refractivity contribution in [1.29, 1.82) is 0 Å². The van der Waals surface area contributed by atoms with Crippen molar-refractivity contribution in [3.05, 3.63) is 0 Å². The van der Waals surface area contributed by atoms with Crippen molar-refractivity contribution in [2.24, 2.45) is 5.84 Å². The third-order valence-electron chi connectivity index (χ3n) is 4.39. The highest BCUT2D eigenvalue weighted by Gasteiger charge is 2.38. The highest BCUT2D eigenvalue weighted by molar-refractivity contribution is 5.81. The van der Waals surface area contributed by atoms with Crippen LogP contribution in [0, 0.1) is 0 Å². The lowest BCUT2D eigenvalue weighted by molar-refractivity contribution is -0.129. The van der Waals surface area contributed by atoms with Crippen LogP contribution in [0.4, 0.5) is 0 Å². The van der Waals surface area contributed by atoms with Gasteiger partial charge in [-0.15, -0.1) is 0 Å². The van der Waals surface area contributed by atoms with Crippen molar-refractivity contribution in [2.45, 2.75) is 57.7 Å². The molecule has 0 bridgehead atoms. The maximum absolute atomic E-state index is 11.9. The molecular weight excluding hydrogens is 228 g/mol. The number of nitrogens with one attached hydrogen (secondary N) is 1. The molecule has 2 saturated heterocycles. The van der Waals surface area contributed by atoms with Gasteiger partial charge in [-0.25, -0.2) is 5.84 Å². The highest BCUT2D eigenvalue weighted by atomic mass is 16.2. The predicted molar refractivity (Wildman–Crippen MR) is 71.8 cm³/mol. The number of hydrogen-bond acceptors (Lipinski definition) is 4. The monoisotopic (exact) mass is 254 g/mol. The van der Waals surface area contributed by atoms with Crippen LogP contribution >= 0.6 is 0 Å². The molecule has 2 aliphatic rings. The molecule has 1 amide bonds. The van der Waals surface area contributed by atoms with Gasteiger partial charge in [-0.2, -0.15) is 0 Å². The van der Waals surface area contributed by atoms with E-state index in [1.807, 2.05) is 0 Å². The summed E-state index contributed by atoms with van der Waals surface area (Å²) in [6, 6.07) is 1.03. The molecule has 2 heterocycles. The van der Waals surface area contributed by atoms with Crippen molar-refractivity contribution in [3.8, 4) is 0 Å². The fraction of sp³-hybridized carbons (Fsp3) is 0.923. The summed E-state index contributed by atoms with van der Waals surface area (Å²) in [6.07, 6.45) is 4.47. The molecule has 2 fully saturated rings. The van der Waals surface area contributed by atoms with E-state index < -0.39 is 0 Å². The minimum absolute atomic E-state index is 0.0323. The summed E-state index contributed by atoms with van der Waals surface area (Å²) in [7, 11) is 0. The molecule has 0 radical (unpaired) electrons. The van der Waals surface area contributed by atoms with Crippen molar-refractivity contribution >= 4 is 5.91 Å². The molecule has 0 aromatic heterocycles. The molecule has 104 valence electrons. The summed E-state index contributed by atoms with van der Waals surface area (Å²) in [5.74, 6) is 5.29. The number of amides is 1. The largest absolute Gasteiger partial charge is 0.298 e. The summed E-state index contributed by atoms with van der Waals surface area (Å²) in [5.41, 5.74) is 2.33. The second-order valence-electron chi connectivity index (χ2n) is 5.65. The maximum Gasteiger partial charge on any atom is 0.251 e. The van der Waals surface area contributed by atoms with E-state index >= 15 is 0 Å². The van der Waals surface area contributed by atoms with E-state index in [2.05, 4.69) is 29.1 Å². The molecule has 0 aromatic rings. The summed E-state index contributed by atoms with van der Waals surface area (Å²) in [4.78, 5) is 16.9. The van der Waals surface area contributed by atoms with Crippen LogP contribution in [0.5, 0.6) is 0 Å². The Balaban J connectivity index is 2.06. The van der Waals surface area contributed by atoms with Gasteiger partial charge in [0.15, 0.2) is 0 Å². The van der Waals surface area contributed by atoms with E-state index in [0.717, 1.165) is 25.9 Å². The average Bonchev–Trinajstić information content (AvgIpc) is 2.81. The third kappa shape index (κ3) is 2.68. The third-order valence-corrected chi connectivity index (χ3v) is 4.39. The van der Waals surface area contributed by atoms with Crippen LogP contribution in [0.3, 0.4) is 0 Å². The van der Waals surface area contributed by atoms with Crippen molar-refractivity contribution in [1.82, 2.24) is 15.2 Å². The van der Waals surface area contributed by atoms with Gasteiger partial charge >= 0.3 is 0 Å². The van der Waals surface area contributed by atoms with Gasteiger partial charge in [0.2, 0.25) is 0 Å². The van der Waals surface area contributed by atoms with Crippen LogP contribution in [-0.4, -0.2) is 53.5 Å². The lowest BCUT2D eigenvalue weighted by Crippen LogP contribution is -2.61. The number of hydrogen-bond donors (Lipinski definition) is 2. The topological polar surface area (TPSA) is 61.6 Å². The zero-order chi connectivity index (χ0) is 13.1. The van der Waals surface area contributed by atoms with E-state index in [1.165, 1.54) is 19.4 Å². The zero-order valence-corrected chi connectivity index (χ0v) is 11.6. The second-order valence-corrected chi connectivity index (χ2v) is 5.65. The Morgan fingerprint density at radius 2 is 2.28 bits per heavy atom. The van der Waals surface area contributed by atoms with Gasteiger partial charge in [0.05, 0.1) is 6.04 Å². The Hall–Kier alpha value is -0.650. The van der Waals surface area contributed by atoms with Gasteiger partial charge in [-0.05, 0) is 32.7 Å². The molecule has 18 heavy (non-hydrogen) atoms. The van der Waals surface area contributed by atoms with E-state index in [-0.39, 0.29) is 11.9 Å². The maximum atomic E-state index is 11.9. The quantitative estimate of drug-likeness (QED) is 0.431. The Kier molecular flexibility index (Phi) is 4.59. The lowest BCUT2D eigenvalue weighted by atomic mass is 10.0. The summed E-state index contributed by atoms with van der Waals surface area (Å²) < 4.78 is 0. The standard InChI is InChI=1S/C13H26N4O/c1-3-5-12(13(18)15-14)17-9-11-6-4-7-16(11)8-10(17)2/h10-12H,3-9,14H2,1-2H3,(H,15,18). The fourth-order valence-electron chi connectivity index (χ4n) is 3.46. The number of hydrazine groups is 1. The molecule has 5 nitrogen and oxygen atoms in total. The smallest absolute Gasteiger partial charge is 0.251 e. The second kappa shape index (κ2) is 5.99. The number of carbonyl (C=O) groups excluding carboxylic acids is 1. The Morgan fingerprint density at radius 1 is 1.50 bits per heavy atom. The summed E-state index contributed by atoms with van der Waals surface area (Å²) in [5, 5.41) is 0. The van der Waals surface area contributed by atoms with E-state index in [4.69, 9.17) is 5.84 Å². The van der Waals surface area contributed by atoms with Gasteiger partial charge in [0, 0.05) is 25.2 Å². The molecule has 0 aliphatic carbocycles. The van der Waals surface area contributed by atoms with Crippen molar-refractivity contribution in [2.75, 3.05) is 19.6 Å². The zero-order valence-electron chi connectivity index (χ0n) is 11.6. The number of nitrogens with two attached hydrogens (primary N) is 1. The number of piperazine rings is 1. The van der Waals surface area contributed by atoms with Crippen LogP contribution in [0.2, 0.25) is 0 Å². The average molecular weight is 254 g/mol. The Bertz CT molecular complexity index is 297. The Morgan fingerprint density at radius 3 is 2.94 bits per heavy atom.